The number of nitrogens with zero attached hydrogens (tertiary/aromatic N) is 1. The van der Waals surface area contributed by atoms with Crippen molar-refractivity contribution in [2.24, 2.45) is 5.92 Å². The molecule has 2 rings (SSSR count). The van der Waals surface area contributed by atoms with E-state index in [2.05, 4.69) is 16.9 Å². The Balaban J connectivity index is 2.37. The van der Waals surface area contributed by atoms with Crippen molar-refractivity contribution in [3.8, 4) is 0 Å². The molecule has 0 bridgehead atoms. The number of H-pyrrole nitrogens is 1. The van der Waals surface area contributed by atoms with Crippen molar-refractivity contribution in [3.63, 3.8) is 0 Å². The van der Waals surface area contributed by atoms with Crippen LogP contribution in [0.15, 0.2) is 10.9 Å². The SMILES string of the molecule is COC1(c2nc(N)cc(=O)[nH]2)CCC(C)CC1. The van der Waals surface area contributed by atoms with Gasteiger partial charge in [-0.05, 0) is 31.6 Å². The zero-order valence-electron chi connectivity index (χ0n) is 10.3. The summed E-state index contributed by atoms with van der Waals surface area (Å²) in [4.78, 5) is 18.4. The Bertz CT molecular complexity index is 447. The van der Waals surface area contributed by atoms with Crippen LogP contribution < -0.4 is 11.3 Å². The van der Waals surface area contributed by atoms with Crippen molar-refractivity contribution in [1.82, 2.24) is 9.97 Å². The van der Waals surface area contributed by atoms with Crippen LogP contribution in [-0.2, 0) is 10.3 Å². The third kappa shape index (κ3) is 2.34. The summed E-state index contributed by atoms with van der Waals surface area (Å²) in [6.07, 6.45) is 3.90. The van der Waals surface area contributed by atoms with Gasteiger partial charge in [0.1, 0.15) is 17.2 Å². The van der Waals surface area contributed by atoms with Crippen molar-refractivity contribution >= 4 is 5.82 Å². The summed E-state index contributed by atoms with van der Waals surface area (Å²) in [5.41, 5.74) is 4.93. The number of anilines is 1. The van der Waals surface area contributed by atoms with Gasteiger partial charge in [0.05, 0.1) is 0 Å². The van der Waals surface area contributed by atoms with Gasteiger partial charge in [0.2, 0.25) is 0 Å². The van der Waals surface area contributed by atoms with E-state index < -0.39 is 5.60 Å². The highest BCUT2D eigenvalue weighted by Gasteiger charge is 2.38. The zero-order chi connectivity index (χ0) is 12.5. The summed E-state index contributed by atoms with van der Waals surface area (Å²) in [5.74, 6) is 1.52. The summed E-state index contributed by atoms with van der Waals surface area (Å²) in [7, 11) is 1.67. The smallest absolute Gasteiger partial charge is 0.253 e. The highest BCUT2D eigenvalue weighted by Crippen LogP contribution is 2.40. The van der Waals surface area contributed by atoms with Gasteiger partial charge in [-0.25, -0.2) is 4.98 Å². The van der Waals surface area contributed by atoms with Crippen LogP contribution in [0.1, 0.15) is 38.4 Å². The van der Waals surface area contributed by atoms with Crippen LogP contribution in [0, 0.1) is 5.92 Å². The van der Waals surface area contributed by atoms with Gasteiger partial charge in [-0.15, -0.1) is 0 Å². The molecular formula is C12H19N3O2. The van der Waals surface area contributed by atoms with Crippen LogP contribution in [0.25, 0.3) is 0 Å². The maximum Gasteiger partial charge on any atom is 0.253 e. The molecule has 0 aromatic carbocycles. The van der Waals surface area contributed by atoms with E-state index in [1.807, 2.05) is 0 Å². The number of rotatable bonds is 2. The minimum atomic E-state index is -0.471. The third-order valence-electron chi connectivity index (χ3n) is 3.67. The van der Waals surface area contributed by atoms with Crippen molar-refractivity contribution in [1.29, 1.82) is 0 Å². The molecular weight excluding hydrogens is 218 g/mol. The number of hydrogen-bond acceptors (Lipinski definition) is 4. The van der Waals surface area contributed by atoms with E-state index in [9.17, 15) is 4.79 Å². The molecule has 1 aromatic rings. The van der Waals surface area contributed by atoms with Gasteiger partial charge in [-0.1, -0.05) is 6.92 Å². The molecule has 0 spiro atoms. The molecule has 5 heteroatoms. The molecule has 3 N–H and O–H groups in total. The van der Waals surface area contributed by atoms with Gasteiger partial charge >= 0.3 is 0 Å². The van der Waals surface area contributed by atoms with E-state index in [-0.39, 0.29) is 11.4 Å². The molecule has 1 heterocycles. The Morgan fingerprint density at radius 1 is 1.53 bits per heavy atom. The molecule has 1 aliphatic rings. The average Bonchev–Trinajstić information content (AvgIpc) is 2.29. The molecule has 0 aliphatic heterocycles. The van der Waals surface area contributed by atoms with Gasteiger partial charge in [0, 0.05) is 13.2 Å². The second-order valence-corrected chi connectivity index (χ2v) is 4.90. The average molecular weight is 237 g/mol. The third-order valence-corrected chi connectivity index (χ3v) is 3.67. The number of nitrogen functional groups attached to an aromatic ring is 1. The van der Waals surface area contributed by atoms with Gasteiger partial charge in [0.25, 0.3) is 5.56 Å². The molecule has 1 saturated carbocycles. The minimum Gasteiger partial charge on any atom is -0.383 e. The highest BCUT2D eigenvalue weighted by atomic mass is 16.5. The first-order chi connectivity index (χ1) is 8.05. The summed E-state index contributed by atoms with van der Waals surface area (Å²) in [5, 5.41) is 0. The quantitative estimate of drug-likeness (QED) is 0.814. The summed E-state index contributed by atoms with van der Waals surface area (Å²) < 4.78 is 5.63. The lowest BCUT2D eigenvalue weighted by molar-refractivity contribution is -0.0598. The van der Waals surface area contributed by atoms with Gasteiger partial charge in [-0.3, -0.25) is 4.79 Å². The lowest BCUT2D eigenvalue weighted by atomic mass is 9.79. The second kappa shape index (κ2) is 4.49. The Labute approximate surface area is 100 Å². The van der Waals surface area contributed by atoms with Gasteiger partial charge < -0.3 is 15.5 Å². The summed E-state index contributed by atoms with van der Waals surface area (Å²) in [6.45, 7) is 2.23. The van der Waals surface area contributed by atoms with Crippen LogP contribution in [0.4, 0.5) is 5.82 Å². The fraction of sp³-hybridized carbons (Fsp3) is 0.667. The van der Waals surface area contributed by atoms with Crippen LogP contribution in [0.3, 0.4) is 0 Å². The van der Waals surface area contributed by atoms with Crippen LogP contribution in [0.5, 0.6) is 0 Å². The molecule has 1 fully saturated rings. The molecule has 1 aromatic heterocycles. The number of hydrogen-bond donors (Lipinski definition) is 2. The summed E-state index contributed by atoms with van der Waals surface area (Å²) >= 11 is 0. The number of methoxy groups -OCH3 is 1. The molecule has 17 heavy (non-hydrogen) atoms. The van der Waals surface area contributed by atoms with Crippen LogP contribution >= 0.6 is 0 Å². The molecule has 0 radical (unpaired) electrons. The fourth-order valence-electron chi connectivity index (χ4n) is 2.46. The normalized spacial score (nSPS) is 29.2. The van der Waals surface area contributed by atoms with Crippen molar-refractivity contribution < 1.29 is 4.74 Å². The van der Waals surface area contributed by atoms with E-state index in [1.54, 1.807) is 7.11 Å². The van der Waals surface area contributed by atoms with Crippen molar-refractivity contribution in [2.45, 2.75) is 38.2 Å². The van der Waals surface area contributed by atoms with E-state index in [4.69, 9.17) is 10.5 Å². The number of nitrogens with one attached hydrogen (secondary N) is 1. The minimum absolute atomic E-state index is 0.220. The van der Waals surface area contributed by atoms with Crippen molar-refractivity contribution in [3.05, 3.63) is 22.2 Å². The molecule has 94 valence electrons. The largest absolute Gasteiger partial charge is 0.383 e. The van der Waals surface area contributed by atoms with Crippen LogP contribution in [0.2, 0.25) is 0 Å². The van der Waals surface area contributed by atoms with Crippen LogP contribution in [-0.4, -0.2) is 17.1 Å². The molecule has 0 atom stereocenters. The van der Waals surface area contributed by atoms with E-state index in [1.165, 1.54) is 6.07 Å². The zero-order valence-corrected chi connectivity index (χ0v) is 10.3. The number of nitrogens with two attached hydrogens (primary N) is 1. The topological polar surface area (TPSA) is 81.0 Å². The number of aromatic nitrogens is 2. The first-order valence-corrected chi connectivity index (χ1v) is 5.98. The van der Waals surface area contributed by atoms with E-state index >= 15 is 0 Å². The Morgan fingerprint density at radius 3 is 2.71 bits per heavy atom. The first kappa shape index (κ1) is 12.1. The number of aromatic amines is 1. The number of ether oxygens (including phenoxy) is 1. The predicted molar refractivity (Wildman–Crippen MR) is 65.6 cm³/mol. The molecule has 0 amide bonds. The predicted octanol–water partition coefficient (Wildman–Crippen LogP) is 1.40. The molecule has 0 saturated heterocycles. The van der Waals surface area contributed by atoms with Gasteiger partial charge in [0.15, 0.2) is 0 Å². The van der Waals surface area contributed by atoms with Crippen molar-refractivity contribution in [2.75, 3.05) is 12.8 Å². The lowest BCUT2D eigenvalue weighted by Gasteiger charge is -2.37. The Kier molecular flexibility index (Phi) is 3.19. The Hall–Kier alpha value is -1.36. The highest BCUT2D eigenvalue weighted by molar-refractivity contribution is 5.27. The molecule has 0 unspecified atom stereocenters. The standard InChI is InChI=1S/C12H19N3O2/c1-8-3-5-12(17-2,6-4-8)11-14-9(13)7-10(16)15-11/h7-8H,3-6H2,1-2H3,(H3,13,14,15,16). The maximum absolute atomic E-state index is 11.4. The van der Waals surface area contributed by atoms with E-state index in [0.717, 1.165) is 25.7 Å². The Morgan fingerprint density at radius 2 is 2.18 bits per heavy atom. The summed E-state index contributed by atoms with van der Waals surface area (Å²) in [6, 6.07) is 1.29. The molecule has 1 aliphatic carbocycles. The van der Waals surface area contributed by atoms with Gasteiger partial charge in [-0.2, -0.15) is 0 Å². The first-order valence-electron chi connectivity index (χ1n) is 5.98. The maximum atomic E-state index is 11.4. The molecule has 5 nitrogen and oxygen atoms in total. The second-order valence-electron chi connectivity index (χ2n) is 4.90. The van der Waals surface area contributed by atoms with E-state index in [0.29, 0.717) is 11.7 Å². The lowest BCUT2D eigenvalue weighted by Crippen LogP contribution is -2.36. The fourth-order valence-corrected chi connectivity index (χ4v) is 2.46. The monoisotopic (exact) mass is 237 g/mol.